The molecule has 5 rings (SSSR count). The van der Waals surface area contributed by atoms with Crippen molar-refractivity contribution in [3.8, 4) is 11.3 Å². The van der Waals surface area contributed by atoms with Crippen molar-refractivity contribution in [1.29, 1.82) is 0 Å². The van der Waals surface area contributed by atoms with Crippen LogP contribution in [0.4, 0.5) is 5.69 Å². The van der Waals surface area contributed by atoms with Crippen molar-refractivity contribution in [2.45, 2.75) is 19.9 Å². The Bertz CT molecular complexity index is 1710. The first-order chi connectivity index (χ1) is 18.3. The maximum atomic E-state index is 13.8. The van der Waals surface area contributed by atoms with Crippen molar-refractivity contribution < 1.29 is 13.9 Å². The molecule has 0 fully saturated rings. The SMILES string of the molecule is CCOC(=O)C1=C(C)N=c2sc(=Cc3ccc(-c4ccc(Cl)cc4)o3)c(=O)n2C1c1ccc(N(C)C)cc1. The Balaban J connectivity index is 1.62. The number of hydrogen-bond acceptors (Lipinski definition) is 7. The second-order valence-electron chi connectivity index (χ2n) is 9.00. The van der Waals surface area contributed by atoms with Crippen LogP contribution in [-0.4, -0.2) is 31.2 Å². The van der Waals surface area contributed by atoms with Crippen LogP contribution in [0.15, 0.2) is 86.1 Å². The monoisotopic (exact) mass is 547 g/mol. The molecule has 9 heteroatoms. The Morgan fingerprint density at radius 3 is 2.50 bits per heavy atom. The highest BCUT2D eigenvalue weighted by Gasteiger charge is 2.33. The van der Waals surface area contributed by atoms with E-state index in [9.17, 15) is 9.59 Å². The fourth-order valence-electron chi connectivity index (χ4n) is 4.39. The van der Waals surface area contributed by atoms with Crippen LogP contribution in [0.2, 0.25) is 5.02 Å². The number of aromatic nitrogens is 1. The molecule has 0 N–H and O–H groups in total. The zero-order valence-electron chi connectivity index (χ0n) is 21.4. The molecule has 1 unspecified atom stereocenters. The average molecular weight is 548 g/mol. The van der Waals surface area contributed by atoms with Crippen LogP contribution in [0.3, 0.4) is 0 Å². The maximum absolute atomic E-state index is 13.8. The van der Waals surface area contributed by atoms with Crippen LogP contribution in [-0.2, 0) is 9.53 Å². The topological polar surface area (TPSA) is 77.0 Å². The third kappa shape index (κ3) is 4.85. The van der Waals surface area contributed by atoms with Crippen LogP contribution in [0.1, 0.15) is 31.2 Å². The lowest BCUT2D eigenvalue weighted by Gasteiger charge is -2.25. The van der Waals surface area contributed by atoms with Crippen molar-refractivity contribution in [2.24, 2.45) is 4.99 Å². The van der Waals surface area contributed by atoms with Gasteiger partial charge in [-0.3, -0.25) is 9.36 Å². The average Bonchev–Trinajstić information content (AvgIpc) is 3.48. The number of rotatable bonds is 6. The Labute approximate surface area is 228 Å². The van der Waals surface area contributed by atoms with E-state index < -0.39 is 12.0 Å². The molecule has 1 aliphatic heterocycles. The smallest absolute Gasteiger partial charge is 0.338 e. The molecule has 2 aromatic heterocycles. The van der Waals surface area contributed by atoms with Crippen LogP contribution >= 0.6 is 22.9 Å². The van der Waals surface area contributed by atoms with Crippen LogP contribution in [0, 0.1) is 0 Å². The molecule has 1 atom stereocenters. The summed E-state index contributed by atoms with van der Waals surface area (Å²) in [5, 5.41) is 0.644. The van der Waals surface area contributed by atoms with Gasteiger partial charge in [0.2, 0.25) is 0 Å². The van der Waals surface area contributed by atoms with Gasteiger partial charge in [0.05, 0.1) is 28.5 Å². The number of furan rings is 1. The second kappa shape index (κ2) is 10.5. The first kappa shape index (κ1) is 25.8. The molecule has 0 radical (unpaired) electrons. The highest BCUT2D eigenvalue weighted by molar-refractivity contribution is 7.07. The number of thiazole rings is 1. The number of nitrogens with zero attached hydrogens (tertiary/aromatic N) is 3. The minimum Gasteiger partial charge on any atom is -0.463 e. The molecule has 0 saturated carbocycles. The Kier molecular flexibility index (Phi) is 7.10. The summed E-state index contributed by atoms with van der Waals surface area (Å²) in [4.78, 5) is 33.9. The molecule has 38 heavy (non-hydrogen) atoms. The lowest BCUT2D eigenvalue weighted by Crippen LogP contribution is -2.39. The molecule has 4 aromatic rings. The number of halogens is 1. The summed E-state index contributed by atoms with van der Waals surface area (Å²) in [6.45, 7) is 3.75. The third-order valence-corrected chi connectivity index (χ3v) is 7.51. The van der Waals surface area contributed by atoms with Crippen molar-refractivity contribution >= 4 is 40.7 Å². The van der Waals surface area contributed by atoms with Crippen molar-refractivity contribution in [1.82, 2.24) is 4.57 Å². The number of anilines is 1. The predicted octanol–water partition coefficient (Wildman–Crippen LogP) is 4.78. The molecule has 0 amide bonds. The predicted molar refractivity (Wildman–Crippen MR) is 150 cm³/mol. The standard InChI is InChI=1S/C29H26ClN3O4S/c1-5-36-28(35)25-17(2)31-29-33(26(25)19-8-12-21(13-9-19)32(3)4)27(34)24(38-29)16-22-14-15-23(37-22)18-6-10-20(30)11-7-18/h6-16,26H,5H2,1-4H3. The first-order valence-electron chi connectivity index (χ1n) is 12.1. The summed E-state index contributed by atoms with van der Waals surface area (Å²) < 4.78 is 13.4. The van der Waals surface area contributed by atoms with E-state index in [1.54, 1.807) is 36.6 Å². The Morgan fingerprint density at radius 1 is 1.13 bits per heavy atom. The van der Waals surface area contributed by atoms with E-state index in [2.05, 4.69) is 4.99 Å². The molecule has 0 bridgehead atoms. The van der Waals surface area contributed by atoms with Crippen molar-refractivity contribution in [3.63, 3.8) is 0 Å². The van der Waals surface area contributed by atoms with Crippen LogP contribution in [0.5, 0.6) is 0 Å². The van der Waals surface area contributed by atoms with E-state index in [-0.39, 0.29) is 12.2 Å². The number of esters is 1. The molecule has 7 nitrogen and oxygen atoms in total. The van der Waals surface area contributed by atoms with Crippen molar-refractivity contribution in [2.75, 3.05) is 25.6 Å². The molecule has 2 aromatic carbocycles. The van der Waals surface area contributed by atoms with Crippen molar-refractivity contribution in [3.05, 3.63) is 108 Å². The van der Waals surface area contributed by atoms with Gasteiger partial charge in [-0.05, 0) is 67.9 Å². The van der Waals surface area contributed by atoms with E-state index >= 15 is 0 Å². The fourth-order valence-corrected chi connectivity index (χ4v) is 5.54. The minimum atomic E-state index is -0.662. The van der Waals surface area contributed by atoms with E-state index in [0.717, 1.165) is 16.8 Å². The molecule has 194 valence electrons. The van der Waals surface area contributed by atoms with Gasteiger partial charge in [-0.2, -0.15) is 0 Å². The van der Waals surface area contributed by atoms with Gasteiger partial charge in [0.1, 0.15) is 11.5 Å². The summed E-state index contributed by atoms with van der Waals surface area (Å²) in [7, 11) is 3.92. The van der Waals surface area contributed by atoms with Gasteiger partial charge >= 0.3 is 5.97 Å². The molecule has 0 saturated heterocycles. The number of carbonyl (C=O) groups excluding carboxylic acids is 1. The van der Waals surface area contributed by atoms with E-state index in [0.29, 0.717) is 37.1 Å². The summed E-state index contributed by atoms with van der Waals surface area (Å²) in [6.07, 6.45) is 1.71. The zero-order valence-corrected chi connectivity index (χ0v) is 23.0. The van der Waals surface area contributed by atoms with Gasteiger partial charge < -0.3 is 14.1 Å². The zero-order chi connectivity index (χ0) is 27.0. The van der Waals surface area contributed by atoms with Gasteiger partial charge in [0, 0.05) is 36.4 Å². The van der Waals surface area contributed by atoms with Crippen LogP contribution in [0.25, 0.3) is 17.4 Å². The highest BCUT2D eigenvalue weighted by Crippen LogP contribution is 2.31. The van der Waals surface area contributed by atoms with Gasteiger partial charge in [-0.1, -0.05) is 35.1 Å². The summed E-state index contributed by atoms with van der Waals surface area (Å²) in [5.74, 6) is 0.719. The molecule has 3 heterocycles. The number of fused-ring (bicyclic) bond motifs is 1. The number of carbonyl (C=O) groups is 1. The highest BCUT2D eigenvalue weighted by atomic mass is 35.5. The fraction of sp³-hybridized carbons (Fsp3) is 0.207. The molecular weight excluding hydrogens is 522 g/mol. The largest absolute Gasteiger partial charge is 0.463 e. The lowest BCUT2D eigenvalue weighted by atomic mass is 9.95. The Morgan fingerprint density at radius 2 is 1.84 bits per heavy atom. The normalized spacial score (nSPS) is 15.3. The van der Waals surface area contributed by atoms with Gasteiger partial charge in [-0.15, -0.1) is 0 Å². The van der Waals surface area contributed by atoms with Crippen LogP contribution < -0.4 is 19.8 Å². The number of hydrogen-bond donors (Lipinski definition) is 0. The van der Waals surface area contributed by atoms with E-state index in [1.807, 2.05) is 67.5 Å². The molecule has 0 aliphatic carbocycles. The van der Waals surface area contributed by atoms with Gasteiger partial charge in [0.25, 0.3) is 5.56 Å². The minimum absolute atomic E-state index is 0.223. The number of allylic oxidation sites excluding steroid dienone is 1. The maximum Gasteiger partial charge on any atom is 0.338 e. The number of ether oxygens (including phenoxy) is 1. The quantitative estimate of drug-likeness (QED) is 0.325. The summed E-state index contributed by atoms with van der Waals surface area (Å²) in [5.41, 5.74) is 3.31. The van der Waals surface area contributed by atoms with Gasteiger partial charge in [-0.25, -0.2) is 9.79 Å². The summed E-state index contributed by atoms with van der Waals surface area (Å²) >= 11 is 7.26. The lowest BCUT2D eigenvalue weighted by molar-refractivity contribution is -0.139. The van der Waals surface area contributed by atoms with E-state index in [4.69, 9.17) is 20.8 Å². The first-order valence-corrected chi connectivity index (χ1v) is 13.3. The second-order valence-corrected chi connectivity index (χ2v) is 10.4. The molecule has 1 aliphatic rings. The number of benzene rings is 2. The molecule has 0 spiro atoms. The van der Waals surface area contributed by atoms with Gasteiger partial charge in [0.15, 0.2) is 4.80 Å². The van der Waals surface area contributed by atoms with E-state index in [1.165, 1.54) is 11.3 Å². The Hall–Kier alpha value is -3.88. The molecular formula is C29H26ClN3O4S. The summed E-state index contributed by atoms with van der Waals surface area (Å²) in [6, 6.07) is 18.1. The third-order valence-electron chi connectivity index (χ3n) is 6.27.